The van der Waals surface area contributed by atoms with Gasteiger partial charge in [0, 0.05) is 6.04 Å². The van der Waals surface area contributed by atoms with Crippen molar-refractivity contribution in [3.63, 3.8) is 0 Å². The predicted octanol–water partition coefficient (Wildman–Crippen LogP) is 1.29. The standard InChI is InChI=1S/C7H13NO2/c1-2-10-7(9)8-6-4-3-5-6/h6H,2-5H2,1H3,(H,8,9). The molecule has 58 valence electrons. The molecule has 0 aromatic rings. The van der Waals surface area contributed by atoms with Gasteiger partial charge in [0.15, 0.2) is 0 Å². The number of carbonyl (C=O) groups is 1. The largest absolute Gasteiger partial charge is 0.450 e. The Morgan fingerprint density at radius 2 is 2.40 bits per heavy atom. The smallest absolute Gasteiger partial charge is 0.407 e. The van der Waals surface area contributed by atoms with E-state index in [9.17, 15) is 4.79 Å². The zero-order valence-electron chi connectivity index (χ0n) is 6.22. The third-order valence-electron chi connectivity index (χ3n) is 1.70. The van der Waals surface area contributed by atoms with Crippen LogP contribution < -0.4 is 5.32 Å². The van der Waals surface area contributed by atoms with E-state index in [1.54, 1.807) is 6.92 Å². The minimum Gasteiger partial charge on any atom is -0.450 e. The maximum atomic E-state index is 10.7. The summed E-state index contributed by atoms with van der Waals surface area (Å²) in [5.74, 6) is 0. The number of nitrogens with one attached hydrogen (secondary N) is 1. The SMILES string of the molecule is CCOC(=O)NC1CCC1. The summed E-state index contributed by atoms with van der Waals surface area (Å²) in [5, 5.41) is 2.76. The number of amides is 1. The first-order valence-electron chi connectivity index (χ1n) is 3.76. The maximum absolute atomic E-state index is 10.7. The molecule has 1 aliphatic carbocycles. The molecule has 0 heterocycles. The van der Waals surface area contributed by atoms with Crippen molar-refractivity contribution in [3.8, 4) is 0 Å². The van der Waals surface area contributed by atoms with Gasteiger partial charge in [0.05, 0.1) is 6.61 Å². The van der Waals surface area contributed by atoms with Crippen LogP contribution in [0.2, 0.25) is 0 Å². The van der Waals surface area contributed by atoms with Gasteiger partial charge < -0.3 is 10.1 Å². The van der Waals surface area contributed by atoms with Gasteiger partial charge in [0.25, 0.3) is 0 Å². The van der Waals surface area contributed by atoms with Gasteiger partial charge in [-0.15, -0.1) is 0 Å². The summed E-state index contributed by atoms with van der Waals surface area (Å²) < 4.78 is 4.70. The summed E-state index contributed by atoms with van der Waals surface area (Å²) in [6.07, 6.45) is 3.18. The van der Waals surface area contributed by atoms with E-state index in [4.69, 9.17) is 4.74 Å². The van der Waals surface area contributed by atoms with Crippen LogP contribution in [0, 0.1) is 0 Å². The molecule has 3 heteroatoms. The lowest BCUT2D eigenvalue weighted by Crippen LogP contribution is -2.39. The van der Waals surface area contributed by atoms with Crippen molar-refractivity contribution < 1.29 is 9.53 Å². The lowest BCUT2D eigenvalue weighted by atomic mass is 9.93. The molecule has 0 aromatic carbocycles. The molecule has 0 saturated heterocycles. The normalized spacial score (nSPS) is 17.7. The quantitative estimate of drug-likeness (QED) is 0.632. The van der Waals surface area contributed by atoms with Crippen molar-refractivity contribution in [1.29, 1.82) is 0 Å². The molecule has 0 aromatic heterocycles. The monoisotopic (exact) mass is 143 g/mol. The molecule has 1 aliphatic rings. The van der Waals surface area contributed by atoms with E-state index < -0.39 is 0 Å². The summed E-state index contributed by atoms with van der Waals surface area (Å²) in [5.41, 5.74) is 0. The van der Waals surface area contributed by atoms with Crippen LogP contribution in [0.3, 0.4) is 0 Å². The topological polar surface area (TPSA) is 38.3 Å². The Balaban J connectivity index is 2.05. The first kappa shape index (κ1) is 7.38. The highest BCUT2D eigenvalue weighted by atomic mass is 16.5. The molecule has 0 atom stereocenters. The van der Waals surface area contributed by atoms with Crippen molar-refractivity contribution in [2.24, 2.45) is 0 Å². The second kappa shape index (κ2) is 3.44. The number of alkyl carbamates (subject to hydrolysis) is 1. The van der Waals surface area contributed by atoms with Gasteiger partial charge in [-0.2, -0.15) is 0 Å². The molecule has 0 radical (unpaired) electrons. The van der Waals surface area contributed by atoms with E-state index >= 15 is 0 Å². The lowest BCUT2D eigenvalue weighted by molar-refractivity contribution is 0.142. The van der Waals surface area contributed by atoms with Crippen molar-refractivity contribution >= 4 is 6.09 Å². The fourth-order valence-electron chi connectivity index (χ4n) is 0.892. The van der Waals surface area contributed by atoms with Gasteiger partial charge in [0.1, 0.15) is 0 Å². The van der Waals surface area contributed by atoms with E-state index in [-0.39, 0.29) is 6.09 Å². The van der Waals surface area contributed by atoms with Gasteiger partial charge in [-0.05, 0) is 26.2 Å². The zero-order chi connectivity index (χ0) is 7.40. The van der Waals surface area contributed by atoms with Gasteiger partial charge >= 0.3 is 6.09 Å². The lowest BCUT2D eigenvalue weighted by Gasteiger charge is -2.25. The number of hydrogen-bond acceptors (Lipinski definition) is 2. The highest BCUT2D eigenvalue weighted by Gasteiger charge is 2.19. The van der Waals surface area contributed by atoms with Crippen molar-refractivity contribution in [2.75, 3.05) is 6.61 Å². The molecular weight excluding hydrogens is 130 g/mol. The third kappa shape index (κ3) is 1.90. The van der Waals surface area contributed by atoms with Gasteiger partial charge in [-0.3, -0.25) is 0 Å². The van der Waals surface area contributed by atoms with E-state index in [0.29, 0.717) is 12.6 Å². The Labute approximate surface area is 60.7 Å². The van der Waals surface area contributed by atoms with Crippen molar-refractivity contribution in [1.82, 2.24) is 5.32 Å². The van der Waals surface area contributed by atoms with E-state index in [1.165, 1.54) is 6.42 Å². The molecule has 1 N–H and O–H groups in total. The molecule has 1 fully saturated rings. The Morgan fingerprint density at radius 1 is 1.70 bits per heavy atom. The van der Waals surface area contributed by atoms with Crippen LogP contribution in [0.1, 0.15) is 26.2 Å². The van der Waals surface area contributed by atoms with Gasteiger partial charge in [-0.1, -0.05) is 0 Å². The highest BCUT2D eigenvalue weighted by molar-refractivity contribution is 5.67. The zero-order valence-corrected chi connectivity index (χ0v) is 6.22. The third-order valence-corrected chi connectivity index (χ3v) is 1.70. The van der Waals surface area contributed by atoms with Gasteiger partial charge in [-0.25, -0.2) is 4.79 Å². The first-order valence-corrected chi connectivity index (χ1v) is 3.76. The number of hydrogen-bond donors (Lipinski definition) is 1. The molecule has 1 rings (SSSR count). The Hall–Kier alpha value is -0.730. The fraction of sp³-hybridized carbons (Fsp3) is 0.857. The number of carbonyl (C=O) groups excluding carboxylic acids is 1. The van der Waals surface area contributed by atoms with Crippen LogP contribution in [-0.2, 0) is 4.74 Å². The van der Waals surface area contributed by atoms with Gasteiger partial charge in [0.2, 0.25) is 0 Å². The van der Waals surface area contributed by atoms with Crippen molar-refractivity contribution in [3.05, 3.63) is 0 Å². The second-order valence-corrected chi connectivity index (χ2v) is 2.49. The minimum atomic E-state index is -0.271. The van der Waals surface area contributed by atoms with Crippen LogP contribution in [0.25, 0.3) is 0 Å². The predicted molar refractivity (Wildman–Crippen MR) is 37.8 cm³/mol. The Kier molecular flexibility index (Phi) is 2.54. The van der Waals surface area contributed by atoms with Crippen LogP contribution in [0.5, 0.6) is 0 Å². The van der Waals surface area contributed by atoms with Crippen molar-refractivity contribution in [2.45, 2.75) is 32.2 Å². The average molecular weight is 143 g/mol. The first-order chi connectivity index (χ1) is 4.83. The highest BCUT2D eigenvalue weighted by Crippen LogP contribution is 2.17. The number of rotatable bonds is 2. The van der Waals surface area contributed by atoms with Crippen LogP contribution in [0.15, 0.2) is 0 Å². The maximum Gasteiger partial charge on any atom is 0.407 e. The second-order valence-electron chi connectivity index (χ2n) is 2.49. The molecule has 0 bridgehead atoms. The summed E-state index contributed by atoms with van der Waals surface area (Å²) in [6.45, 7) is 2.26. The summed E-state index contributed by atoms with van der Waals surface area (Å²) in [4.78, 5) is 10.7. The molecule has 0 aliphatic heterocycles. The molecule has 0 spiro atoms. The van der Waals surface area contributed by atoms with E-state index in [1.807, 2.05) is 0 Å². The molecule has 3 nitrogen and oxygen atoms in total. The summed E-state index contributed by atoms with van der Waals surface area (Å²) >= 11 is 0. The fourth-order valence-corrected chi connectivity index (χ4v) is 0.892. The molecule has 1 saturated carbocycles. The van der Waals surface area contributed by atoms with Crippen LogP contribution in [0.4, 0.5) is 4.79 Å². The summed E-state index contributed by atoms with van der Waals surface area (Å²) in [6, 6.07) is 0.388. The van der Waals surface area contributed by atoms with Crippen LogP contribution in [-0.4, -0.2) is 18.7 Å². The van der Waals surface area contributed by atoms with E-state index in [0.717, 1.165) is 12.8 Å². The summed E-state index contributed by atoms with van der Waals surface area (Å²) in [7, 11) is 0. The minimum absolute atomic E-state index is 0.271. The Morgan fingerprint density at radius 3 is 2.80 bits per heavy atom. The molecule has 1 amide bonds. The average Bonchev–Trinajstić information content (AvgIpc) is 1.80. The molecule has 10 heavy (non-hydrogen) atoms. The van der Waals surface area contributed by atoms with Crippen LogP contribution >= 0.6 is 0 Å². The molecule has 0 unspecified atom stereocenters. The molecular formula is C7H13NO2. The number of ether oxygens (including phenoxy) is 1. The Bertz CT molecular complexity index is 121. The van der Waals surface area contributed by atoms with E-state index in [2.05, 4.69) is 5.32 Å².